The van der Waals surface area contributed by atoms with E-state index in [1.165, 1.54) is 12.3 Å². The molecular weight excluding hydrogens is 475 g/mol. The van der Waals surface area contributed by atoms with E-state index >= 15 is 0 Å². The van der Waals surface area contributed by atoms with E-state index in [1.54, 1.807) is 0 Å². The summed E-state index contributed by atoms with van der Waals surface area (Å²) in [5, 5.41) is 9.45. The molecule has 34 heavy (non-hydrogen) atoms. The van der Waals surface area contributed by atoms with Crippen LogP contribution in [0.5, 0.6) is 0 Å². The third-order valence-electron chi connectivity index (χ3n) is 5.50. The quantitative estimate of drug-likeness (QED) is 0.320. The van der Waals surface area contributed by atoms with Gasteiger partial charge in [-0.1, -0.05) is 11.6 Å². The Morgan fingerprint density at radius 3 is 2.62 bits per heavy atom. The number of fused-ring (bicyclic) bond motifs is 1. The van der Waals surface area contributed by atoms with Gasteiger partial charge in [-0.3, -0.25) is 9.89 Å². The molecule has 1 atom stereocenters. The molecule has 10 nitrogen and oxygen atoms in total. The van der Waals surface area contributed by atoms with Crippen molar-refractivity contribution in [2.45, 2.75) is 25.3 Å². The molecule has 0 bridgehead atoms. The van der Waals surface area contributed by atoms with Crippen molar-refractivity contribution in [2.24, 2.45) is 5.92 Å². The van der Waals surface area contributed by atoms with E-state index in [-0.39, 0.29) is 51.1 Å². The number of H-pyrrole nitrogens is 1. The predicted octanol–water partition coefficient (Wildman–Crippen LogP) is 3.36. The van der Waals surface area contributed by atoms with Crippen LogP contribution in [0.1, 0.15) is 36.7 Å². The molecule has 0 radical (unpaired) electrons. The second-order valence-corrected chi connectivity index (χ2v) is 8.20. The van der Waals surface area contributed by atoms with Crippen molar-refractivity contribution in [3.63, 3.8) is 0 Å². The number of halogens is 4. The highest BCUT2D eigenvalue weighted by Gasteiger charge is 2.37. The average molecular weight is 492 g/mol. The Kier molecular flexibility index (Phi) is 5.27. The second-order valence-electron chi connectivity index (χ2n) is 7.82. The highest BCUT2D eigenvalue weighted by Crippen LogP contribution is 2.44. The summed E-state index contributed by atoms with van der Waals surface area (Å²) in [7, 11) is 0. The van der Waals surface area contributed by atoms with Gasteiger partial charge in [-0.05, 0) is 30.9 Å². The number of nitrogens with one attached hydrogen (secondary N) is 2. The van der Waals surface area contributed by atoms with Gasteiger partial charge in [0.25, 0.3) is 12.0 Å². The summed E-state index contributed by atoms with van der Waals surface area (Å²) in [6.07, 6.45) is -0.0632. The number of alkyl halides is 2. The van der Waals surface area contributed by atoms with Gasteiger partial charge in [0, 0.05) is 17.8 Å². The summed E-state index contributed by atoms with van der Waals surface area (Å²) in [4.78, 5) is 25.8. The van der Waals surface area contributed by atoms with Gasteiger partial charge in [0.2, 0.25) is 5.95 Å². The first kappa shape index (κ1) is 21.9. The molecule has 176 valence electrons. The Hall–Kier alpha value is -3.87. The van der Waals surface area contributed by atoms with E-state index in [9.17, 15) is 18.0 Å². The van der Waals surface area contributed by atoms with Crippen LogP contribution in [0.15, 0.2) is 29.2 Å². The van der Waals surface area contributed by atoms with Gasteiger partial charge in [-0.2, -0.15) is 15.1 Å². The van der Waals surface area contributed by atoms with E-state index in [1.807, 2.05) is 0 Å². The lowest BCUT2D eigenvalue weighted by atomic mass is 10.1. The van der Waals surface area contributed by atoms with Gasteiger partial charge < -0.3 is 16.8 Å². The molecule has 5 rings (SSSR count). The fourth-order valence-electron chi connectivity index (χ4n) is 3.82. The molecule has 0 aliphatic heterocycles. The first-order chi connectivity index (χ1) is 16.2. The third-order valence-corrected chi connectivity index (χ3v) is 5.87. The number of nitrogen functional groups attached to an aromatic ring is 2. The van der Waals surface area contributed by atoms with Crippen molar-refractivity contribution in [3.8, 4) is 5.82 Å². The molecular formula is C20H17ClF3N9O. The van der Waals surface area contributed by atoms with Gasteiger partial charge in [-0.15, -0.1) is 0 Å². The Morgan fingerprint density at radius 1 is 1.21 bits per heavy atom. The van der Waals surface area contributed by atoms with Crippen molar-refractivity contribution in [2.75, 3.05) is 16.8 Å². The second kappa shape index (κ2) is 8.17. The molecule has 4 aromatic rings. The zero-order chi connectivity index (χ0) is 24.1. The third kappa shape index (κ3) is 3.77. The van der Waals surface area contributed by atoms with Crippen LogP contribution in [0.2, 0.25) is 5.02 Å². The summed E-state index contributed by atoms with van der Waals surface area (Å²) in [6, 6.07) is 2.34. The smallest absolute Gasteiger partial charge is 0.267 e. The number of nitrogens with zero attached hydrogens (tertiary/aromatic N) is 5. The van der Waals surface area contributed by atoms with Gasteiger partial charge in [0.05, 0.1) is 16.9 Å². The lowest BCUT2D eigenvalue weighted by Gasteiger charge is -2.23. The average Bonchev–Trinajstić information content (AvgIpc) is 3.48. The number of aromatic amines is 1. The molecule has 6 N–H and O–H groups in total. The molecule has 1 fully saturated rings. The van der Waals surface area contributed by atoms with Crippen molar-refractivity contribution in [1.82, 2.24) is 29.7 Å². The van der Waals surface area contributed by atoms with Crippen molar-refractivity contribution >= 4 is 40.1 Å². The van der Waals surface area contributed by atoms with Crippen molar-refractivity contribution in [3.05, 3.63) is 57.0 Å². The monoisotopic (exact) mass is 491 g/mol. The SMILES string of the molecule is Nc1nc(N)c(Cl)c(N[C@H](c2nc3c(C(F)F)cc(F)cc3c(=O)n2-c2cc[nH]n2)C2CC2)n1. The molecule has 3 aromatic heterocycles. The minimum atomic E-state index is -3.05. The normalized spacial score (nSPS) is 14.6. The van der Waals surface area contributed by atoms with Crippen LogP contribution >= 0.6 is 11.6 Å². The van der Waals surface area contributed by atoms with E-state index in [2.05, 4.69) is 30.5 Å². The molecule has 1 saturated carbocycles. The maximum atomic E-state index is 14.1. The van der Waals surface area contributed by atoms with Crippen LogP contribution in [0, 0.1) is 11.7 Å². The summed E-state index contributed by atoms with van der Waals surface area (Å²) in [5.74, 6) is -0.884. The van der Waals surface area contributed by atoms with Crippen LogP contribution in [0.3, 0.4) is 0 Å². The predicted molar refractivity (Wildman–Crippen MR) is 119 cm³/mol. The van der Waals surface area contributed by atoms with Crippen LogP contribution in [-0.2, 0) is 0 Å². The van der Waals surface area contributed by atoms with E-state index in [0.717, 1.165) is 23.5 Å². The van der Waals surface area contributed by atoms with Crippen LogP contribution < -0.4 is 22.3 Å². The van der Waals surface area contributed by atoms with E-state index in [0.29, 0.717) is 6.07 Å². The maximum absolute atomic E-state index is 14.1. The van der Waals surface area contributed by atoms with Crippen molar-refractivity contribution in [1.29, 1.82) is 0 Å². The summed E-state index contributed by atoms with van der Waals surface area (Å²) >= 11 is 6.26. The van der Waals surface area contributed by atoms with Crippen LogP contribution in [0.25, 0.3) is 16.7 Å². The Balaban J connectivity index is 1.78. The van der Waals surface area contributed by atoms with E-state index < -0.39 is 29.4 Å². The van der Waals surface area contributed by atoms with Crippen molar-refractivity contribution < 1.29 is 13.2 Å². The van der Waals surface area contributed by atoms with E-state index in [4.69, 9.17) is 23.1 Å². The molecule has 1 aliphatic carbocycles. The number of nitrogens with two attached hydrogens (primary N) is 2. The molecule has 0 unspecified atom stereocenters. The molecule has 1 aliphatic rings. The lowest BCUT2D eigenvalue weighted by molar-refractivity contribution is 0.152. The van der Waals surface area contributed by atoms with Gasteiger partial charge >= 0.3 is 0 Å². The van der Waals surface area contributed by atoms with Gasteiger partial charge in [0.15, 0.2) is 11.6 Å². The highest BCUT2D eigenvalue weighted by molar-refractivity contribution is 6.35. The van der Waals surface area contributed by atoms with Crippen LogP contribution in [-0.4, -0.2) is 29.7 Å². The maximum Gasteiger partial charge on any atom is 0.267 e. The molecule has 1 aromatic carbocycles. The Bertz CT molecular complexity index is 1450. The lowest BCUT2D eigenvalue weighted by Crippen LogP contribution is -2.30. The Labute approximate surface area is 194 Å². The minimum Gasteiger partial charge on any atom is -0.382 e. The molecule has 0 spiro atoms. The molecule has 3 heterocycles. The first-order valence-corrected chi connectivity index (χ1v) is 10.5. The molecule has 0 saturated heterocycles. The fraction of sp³-hybridized carbons (Fsp3) is 0.250. The molecule has 14 heteroatoms. The van der Waals surface area contributed by atoms with Crippen LogP contribution in [0.4, 0.5) is 30.8 Å². The highest BCUT2D eigenvalue weighted by atomic mass is 35.5. The zero-order valence-electron chi connectivity index (χ0n) is 17.3. The summed E-state index contributed by atoms with van der Waals surface area (Å²) < 4.78 is 42.8. The number of aromatic nitrogens is 6. The topological polar surface area (TPSA) is 153 Å². The standard InChI is InChI=1S/C20H17ClF3N9O/c21-12-16(25)30-20(26)31-17(12)28-13(7-1-2-7)18-29-14-9(15(23)24)5-8(22)6-10(14)19(34)33(18)11-3-4-27-32-11/h3-7,13,15H,1-2H2,(H,27,32)(H5,25,26,28,30,31)/t13-/m0/s1. The number of rotatable bonds is 6. The zero-order valence-corrected chi connectivity index (χ0v) is 18.0. The summed E-state index contributed by atoms with van der Waals surface area (Å²) in [5.41, 5.74) is 9.75. The largest absolute Gasteiger partial charge is 0.382 e. The minimum absolute atomic E-state index is 0.00430. The van der Waals surface area contributed by atoms with Gasteiger partial charge in [0.1, 0.15) is 22.5 Å². The number of hydrogen-bond acceptors (Lipinski definition) is 8. The molecule has 0 amide bonds. The fourth-order valence-corrected chi connectivity index (χ4v) is 3.96. The number of benzene rings is 1. The summed E-state index contributed by atoms with van der Waals surface area (Å²) in [6.45, 7) is 0. The van der Waals surface area contributed by atoms with Gasteiger partial charge in [-0.25, -0.2) is 22.7 Å². The number of anilines is 3. The number of hydrogen-bond donors (Lipinski definition) is 4. The first-order valence-electron chi connectivity index (χ1n) is 10.1. The Morgan fingerprint density at radius 2 is 1.97 bits per heavy atom.